The average Bonchev–Trinajstić information content (AvgIpc) is 3.17. The number of nitrogens with one attached hydrogen (secondary N) is 1. The van der Waals surface area contributed by atoms with Gasteiger partial charge in [-0.15, -0.1) is 0 Å². The number of Topliss-reactive ketones (excluding diaryl/α,β-unsaturated/α-hetero) is 1. The number of aromatic hydroxyl groups is 1. The topological polar surface area (TPSA) is 62.5 Å². The lowest BCUT2D eigenvalue weighted by Gasteiger charge is -2.24. The highest BCUT2D eigenvalue weighted by Gasteiger charge is 2.28. The van der Waals surface area contributed by atoms with Crippen LogP contribution >= 0.6 is 23.4 Å². The summed E-state index contributed by atoms with van der Waals surface area (Å²) in [4.78, 5) is 14.3. The number of ketones is 1. The molecule has 4 nitrogen and oxygen atoms in total. The number of hydrogen-bond donors (Lipinski definition) is 2. The number of phenols is 1. The van der Waals surface area contributed by atoms with Crippen LogP contribution in [0.5, 0.6) is 5.75 Å². The van der Waals surface area contributed by atoms with Gasteiger partial charge in [0.2, 0.25) is 5.78 Å². The van der Waals surface area contributed by atoms with E-state index in [9.17, 15) is 9.90 Å². The van der Waals surface area contributed by atoms with Crippen molar-refractivity contribution in [1.29, 1.82) is 0 Å². The van der Waals surface area contributed by atoms with Gasteiger partial charge in [0, 0.05) is 15.5 Å². The van der Waals surface area contributed by atoms with E-state index < -0.39 is 0 Å². The zero-order valence-electron chi connectivity index (χ0n) is 12.8. The first-order valence-electron chi connectivity index (χ1n) is 7.49. The molecule has 0 unspecified atom stereocenters. The van der Waals surface area contributed by atoms with E-state index in [2.05, 4.69) is 5.32 Å². The average molecular weight is 370 g/mol. The summed E-state index contributed by atoms with van der Waals surface area (Å²) in [5.74, 6) is 0.0192. The predicted molar refractivity (Wildman–Crippen MR) is 99.0 cm³/mol. The highest BCUT2D eigenvalue weighted by Crippen LogP contribution is 2.45. The summed E-state index contributed by atoms with van der Waals surface area (Å²) in [5.41, 5.74) is 1.83. The van der Waals surface area contributed by atoms with Gasteiger partial charge >= 0.3 is 0 Å². The summed E-state index contributed by atoms with van der Waals surface area (Å²) in [7, 11) is 0. The Hall–Kier alpha value is -2.63. The Kier molecular flexibility index (Phi) is 4.03. The standard InChI is InChI=1S/C19H12ClNO3S/c20-11-7-8-14(22)12(10-11)17-19(18(23)15-5-3-9-24-15)25-16-6-2-1-4-13(16)21-17/h1-10,21-22H. The fraction of sp³-hybridized carbons (Fsp3) is 0. The minimum atomic E-state index is -0.258. The maximum Gasteiger partial charge on any atom is 0.236 e. The largest absolute Gasteiger partial charge is 0.507 e. The van der Waals surface area contributed by atoms with Crippen molar-refractivity contribution >= 4 is 40.5 Å². The number of benzene rings is 2. The molecule has 1 aliphatic heterocycles. The van der Waals surface area contributed by atoms with Crippen molar-refractivity contribution < 1.29 is 14.3 Å². The second-order valence-corrected chi connectivity index (χ2v) is 6.88. The minimum absolute atomic E-state index is 0.0385. The molecule has 0 fully saturated rings. The first kappa shape index (κ1) is 15.9. The molecule has 0 bridgehead atoms. The molecular weight excluding hydrogens is 358 g/mol. The molecule has 0 amide bonds. The van der Waals surface area contributed by atoms with Crippen LogP contribution in [-0.4, -0.2) is 10.9 Å². The molecule has 2 heterocycles. The molecule has 124 valence electrons. The Morgan fingerprint density at radius 2 is 1.96 bits per heavy atom. The van der Waals surface area contributed by atoms with Gasteiger partial charge in [0.05, 0.1) is 22.6 Å². The highest BCUT2D eigenvalue weighted by molar-refractivity contribution is 8.04. The van der Waals surface area contributed by atoms with Crippen LogP contribution < -0.4 is 5.32 Å². The van der Waals surface area contributed by atoms with Crippen LogP contribution in [-0.2, 0) is 0 Å². The number of fused-ring (bicyclic) bond motifs is 1. The lowest BCUT2D eigenvalue weighted by Crippen LogP contribution is -2.13. The number of anilines is 1. The zero-order chi connectivity index (χ0) is 17.4. The number of halogens is 1. The summed E-state index contributed by atoms with van der Waals surface area (Å²) in [5, 5.41) is 14.0. The fourth-order valence-electron chi connectivity index (χ4n) is 2.59. The van der Waals surface area contributed by atoms with Gasteiger partial charge in [0.1, 0.15) is 5.75 Å². The van der Waals surface area contributed by atoms with E-state index in [1.165, 1.54) is 24.1 Å². The minimum Gasteiger partial charge on any atom is -0.507 e. The van der Waals surface area contributed by atoms with Crippen LogP contribution in [0.1, 0.15) is 16.1 Å². The van der Waals surface area contributed by atoms with Crippen molar-refractivity contribution in [1.82, 2.24) is 0 Å². The van der Waals surface area contributed by atoms with Gasteiger partial charge in [0.15, 0.2) is 5.76 Å². The zero-order valence-corrected chi connectivity index (χ0v) is 14.4. The summed E-state index contributed by atoms with van der Waals surface area (Å²) in [6.45, 7) is 0. The molecule has 6 heteroatoms. The normalized spacial score (nSPS) is 13.3. The van der Waals surface area contributed by atoms with E-state index in [1.54, 1.807) is 24.3 Å². The molecule has 25 heavy (non-hydrogen) atoms. The van der Waals surface area contributed by atoms with Crippen LogP contribution in [0.15, 0.2) is 75.1 Å². The maximum absolute atomic E-state index is 12.9. The van der Waals surface area contributed by atoms with Crippen molar-refractivity contribution in [3.8, 4) is 5.75 Å². The number of carbonyl (C=O) groups excluding carboxylic acids is 1. The molecule has 0 saturated carbocycles. The molecule has 0 atom stereocenters. The van der Waals surface area contributed by atoms with Crippen molar-refractivity contribution in [3.63, 3.8) is 0 Å². The molecule has 3 aromatic rings. The molecule has 0 radical (unpaired) electrons. The van der Waals surface area contributed by atoms with E-state index in [1.807, 2.05) is 24.3 Å². The Bertz CT molecular complexity index is 996. The van der Waals surface area contributed by atoms with E-state index in [-0.39, 0.29) is 17.3 Å². The molecular formula is C19H12ClNO3S. The van der Waals surface area contributed by atoms with Crippen LogP contribution in [0.25, 0.3) is 5.70 Å². The number of furan rings is 1. The summed E-state index contributed by atoms with van der Waals surface area (Å²) < 4.78 is 5.26. The number of para-hydroxylation sites is 1. The van der Waals surface area contributed by atoms with Crippen LogP contribution in [0.4, 0.5) is 5.69 Å². The predicted octanol–water partition coefficient (Wildman–Crippen LogP) is 5.41. The molecule has 1 aromatic heterocycles. The number of hydrogen-bond acceptors (Lipinski definition) is 5. The summed E-state index contributed by atoms with van der Waals surface area (Å²) in [6.07, 6.45) is 1.46. The lowest BCUT2D eigenvalue weighted by atomic mass is 10.1. The van der Waals surface area contributed by atoms with E-state index in [4.69, 9.17) is 16.0 Å². The molecule has 0 aliphatic carbocycles. The maximum atomic E-state index is 12.9. The number of allylic oxidation sites excluding steroid dienone is 1. The molecule has 0 spiro atoms. The van der Waals surface area contributed by atoms with Crippen LogP contribution in [0, 0.1) is 0 Å². The SMILES string of the molecule is O=C(C1=C(c2cc(Cl)ccc2O)Nc2ccccc2S1)c1ccco1. The van der Waals surface area contributed by atoms with Gasteiger partial charge in [-0.2, -0.15) is 0 Å². The summed E-state index contributed by atoms with van der Waals surface area (Å²) in [6, 6.07) is 15.7. The molecule has 0 saturated heterocycles. The number of rotatable bonds is 3. The number of phenolic OH excluding ortho intramolecular Hbond substituents is 1. The molecule has 2 aromatic carbocycles. The van der Waals surface area contributed by atoms with E-state index >= 15 is 0 Å². The van der Waals surface area contributed by atoms with Crippen LogP contribution in [0.2, 0.25) is 5.02 Å². The molecule has 1 aliphatic rings. The first-order valence-corrected chi connectivity index (χ1v) is 8.68. The van der Waals surface area contributed by atoms with Gasteiger partial charge in [-0.05, 0) is 42.5 Å². The van der Waals surface area contributed by atoms with Crippen LogP contribution in [0.3, 0.4) is 0 Å². The van der Waals surface area contributed by atoms with E-state index in [0.717, 1.165) is 10.6 Å². The van der Waals surface area contributed by atoms with Crippen molar-refractivity contribution in [2.24, 2.45) is 0 Å². The van der Waals surface area contributed by atoms with Gasteiger partial charge in [-0.25, -0.2) is 0 Å². The first-order chi connectivity index (χ1) is 12.1. The second-order valence-electron chi connectivity index (χ2n) is 5.40. The van der Waals surface area contributed by atoms with Gasteiger partial charge < -0.3 is 14.8 Å². The number of carbonyl (C=O) groups is 1. The highest BCUT2D eigenvalue weighted by atomic mass is 35.5. The Labute approximate surface area is 153 Å². The Morgan fingerprint density at radius 3 is 2.76 bits per heavy atom. The van der Waals surface area contributed by atoms with Crippen molar-refractivity contribution in [3.05, 3.63) is 82.1 Å². The third-order valence-electron chi connectivity index (χ3n) is 3.76. The quantitative estimate of drug-likeness (QED) is 0.604. The van der Waals surface area contributed by atoms with Gasteiger partial charge in [-0.1, -0.05) is 35.5 Å². The van der Waals surface area contributed by atoms with Gasteiger partial charge in [0.25, 0.3) is 0 Å². The Balaban J connectivity index is 1.90. The molecule has 4 rings (SSSR count). The smallest absolute Gasteiger partial charge is 0.236 e. The van der Waals surface area contributed by atoms with Crippen molar-refractivity contribution in [2.75, 3.05) is 5.32 Å². The lowest BCUT2D eigenvalue weighted by molar-refractivity contribution is 0.101. The third-order valence-corrected chi connectivity index (χ3v) is 5.17. The molecule has 2 N–H and O–H groups in total. The second kappa shape index (κ2) is 6.35. The number of thioether (sulfide) groups is 1. The van der Waals surface area contributed by atoms with E-state index in [0.29, 0.717) is 21.2 Å². The van der Waals surface area contributed by atoms with Gasteiger partial charge in [-0.3, -0.25) is 4.79 Å². The monoisotopic (exact) mass is 369 g/mol. The van der Waals surface area contributed by atoms with Crippen molar-refractivity contribution in [2.45, 2.75) is 4.90 Å². The summed E-state index contributed by atoms with van der Waals surface area (Å²) >= 11 is 7.43. The Morgan fingerprint density at radius 1 is 1.12 bits per heavy atom. The third kappa shape index (κ3) is 2.92. The fourth-order valence-corrected chi connectivity index (χ4v) is 3.81.